The van der Waals surface area contributed by atoms with Crippen molar-refractivity contribution in [3.05, 3.63) is 0 Å². The van der Waals surface area contributed by atoms with Crippen LogP contribution < -0.4 is 0 Å². The fourth-order valence-corrected chi connectivity index (χ4v) is 0.890. The molecule has 2 radical (unpaired) electrons. The number of nitrogens with zero attached hydrogens (tertiary/aromatic N) is 2. The Balaban J connectivity index is 3.77. The van der Waals surface area contributed by atoms with Gasteiger partial charge in [-0.05, 0) is 6.92 Å². The first kappa shape index (κ1) is 9.47. The summed E-state index contributed by atoms with van der Waals surface area (Å²) in [6.45, 7) is 2.29. The second kappa shape index (κ2) is 3.60. The molecule has 0 rings (SSSR count). The van der Waals surface area contributed by atoms with Crippen LogP contribution in [-0.2, 0) is 0 Å². The smallest absolute Gasteiger partial charge is 0.126 e. The maximum atomic E-state index is 8.97. The topological polar surface area (TPSA) is 44.0 Å². The summed E-state index contributed by atoms with van der Waals surface area (Å²) in [6.07, 6.45) is -0.361. The summed E-state index contributed by atoms with van der Waals surface area (Å²) in [4.78, 5) is 0. The molecule has 0 aliphatic carbocycles. The predicted molar refractivity (Wildman–Crippen MR) is 40.0 cm³/mol. The van der Waals surface area contributed by atoms with Crippen molar-refractivity contribution in [3.63, 3.8) is 0 Å². The van der Waals surface area contributed by atoms with E-state index in [-0.39, 0.29) is 6.10 Å². The number of rotatable bonds is 3. The molecular formula is C6H13BN2O. The molecule has 0 spiro atoms. The van der Waals surface area contributed by atoms with Crippen LogP contribution >= 0.6 is 0 Å². The molecule has 1 unspecified atom stereocenters. The number of nitriles is 1. The van der Waals surface area contributed by atoms with Gasteiger partial charge in [-0.15, -0.1) is 5.97 Å². The molecule has 0 aromatic rings. The summed E-state index contributed by atoms with van der Waals surface area (Å²) in [5.74, 6) is 1.95. The van der Waals surface area contributed by atoms with Crippen LogP contribution in [0.25, 0.3) is 0 Å². The fourth-order valence-electron chi connectivity index (χ4n) is 0.890. The number of likely N-dealkylation sites (N-methyl/N-ethyl adjacent to an activating group) is 1. The molecule has 0 bridgehead atoms. The summed E-state index contributed by atoms with van der Waals surface area (Å²) in [5, 5.41) is 17.3. The van der Waals surface area contributed by atoms with Gasteiger partial charge in [0.1, 0.15) is 7.41 Å². The van der Waals surface area contributed by atoms with Gasteiger partial charge in [-0.2, -0.15) is 0 Å². The Kier molecular flexibility index (Phi) is 3.41. The molecule has 1 N–H and O–H groups in total. The number of quaternary nitrogens is 1. The molecule has 0 aliphatic heterocycles. The molecule has 0 fully saturated rings. The van der Waals surface area contributed by atoms with Gasteiger partial charge in [0.2, 0.25) is 0 Å². The molecule has 0 saturated carbocycles. The van der Waals surface area contributed by atoms with Gasteiger partial charge in [-0.25, -0.2) is 5.26 Å². The number of aliphatic hydroxyl groups excluding tert-OH is 1. The minimum Gasteiger partial charge on any atom is -0.550 e. The van der Waals surface area contributed by atoms with Crippen LogP contribution in [0.5, 0.6) is 0 Å². The largest absolute Gasteiger partial charge is 0.550 e. The highest BCUT2D eigenvalue weighted by atomic mass is 16.3. The van der Waals surface area contributed by atoms with Crippen molar-refractivity contribution in [2.75, 3.05) is 20.6 Å². The van der Waals surface area contributed by atoms with E-state index in [1.807, 2.05) is 20.1 Å². The number of hydrogen-bond donors (Lipinski definition) is 1. The van der Waals surface area contributed by atoms with Crippen LogP contribution in [-0.4, -0.2) is 43.7 Å². The lowest BCUT2D eigenvalue weighted by atomic mass is 9.91. The van der Waals surface area contributed by atoms with Crippen LogP contribution in [0.4, 0.5) is 0 Å². The highest BCUT2D eigenvalue weighted by Gasteiger charge is 2.06. The van der Waals surface area contributed by atoms with Gasteiger partial charge in [0.25, 0.3) is 0 Å². The Morgan fingerprint density at radius 1 is 1.70 bits per heavy atom. The average Bonchev–Trinajstić information content (AvgIpc) is 1.59. The first-order chi connectivity index (χ1) is 4.48. The highest BCUT2D eigenvalue weighted by Crippen LogP contribution is 1.95. The summed E-state index contributed by atoms with van der Waals surface area (Å²) >= 11 is 0. The SMILES string of the molecule is CC(O)C[N+](C)(C)[B-]C#N. The molecule has 0 aromatic carbocycles. The number of aliphatic hydroxyl groups is 1. The second-order valence-corrected chi connectivity index (χ2v) is 3.07. The zero-order valence-corrected chi connectivity index (χ0v) is 6.70. The lowest BCUT2D eigenvalue weighted by Gasteiger charge is -2.40. The van der Waals surface area contributed by atoms with E-state index >= 15 is 0 Å². The summed E-state index contributed by atoms with van der Waals surface area (Å²) < 4.78 is 0.439. The third-order valence-electron chi connectivity index (χ3n) is 1.14. The van der Waals surface area contributed by atoms with Crippen molar-refractivity contribution in [2.45, 2.75) is 13.0 Å². The van der Waals surface area contributed by atoms with E-state index in [1.165, 1.54) is 7.41 Å². The van der Waals surface area contributed by atoms with E-state index in [9.17, 15) is 0 Å². The monoisotopic (exact) mass is 140 g/mol. The molecule has 4 heteroatoms. The first-order valence-electron chi connectivity index (χ1n) is 3.22. The van der Waals surface area contributed by atoms with Crippen LogP contribution in [0.15, 0.2) is 0 Å². The standard InChI is InChI=1S/C6H13BN2O/c1-6(10)4-9(2,3)7-5-8/h6,10H,4H2,1-3H3. The molecular weight excluding hydrogens is 127 g/mol. The molecule has 0 aliphatic rings. The van der Waals surface area contributed by atoms with Crippen LogP contribution in [0.1, 0.15) is 6.92 Å². The van der Waals surface area contributed by atoms with E-state index < -0.39 is 0 Å². The van der Waals surface area contributed by atoms with Gasteiger partial charge < -0.3 is 9.50 Å². The summed E-state index contributed by atoms with van der Waals surface area (Å²) in [5.41, 5.74) is 0. The summed E-state index contributed by atoms with van der Waals surface area (Å²) in [7, 11) is 5.23. The first-order valence-corrected chi connectivity index (χ1v) is 3.22. The van der Waals surface area contributed by atoms with Crippen molar-refractivity contribution >= 4 is 7.41 Å². The Labute approximate surface area is 62.7 Å². The van der Waals surface area contributed by atoms with Gasteiger partial charge in [-0.1, -0.05) is 0 Å². The minimum atomic E-state index is -0.361. The molecule has 10 heavy (non-hydrogen) atoms. The molecule has 0 aromatic heterocycles. The van der Waals surface area contributed by atoms with Crippen molar-refractivity contribution in [1.29, 1.82) is 5.26 Å². The van der Waals surface area contributed by atoms with Gasteiger partial charge in [-0.3, -0.25) is 0 Å². The Morgan fingerprint density at radius 2 is 2.20 bits per heavy atom. The quantitative estimate of drug-likeness (QED) is 0.539. The molecule has 3 nitrogen and oxygen atoms in total. The minimum absolute atomic E-state index is 0.361. The van der Waals surface area contributed by atoms with E-state index in [4.69, 9.17) is 10.4 Å². The van der Waals surface area contributed by atoms with E-state index in [0.717, 1.165) is 0 Å². The Hall–Kier alpha value is -0.525. The average molecular weight is 140 g/mol. The van der Waals surface area contributed by atoms with Crippen molar-refractivity contribution < 1.29 is 9.50 Å². The van der Waals surface area contributed by atoms with Crippen molar-refractivity contribution in [2.24, 2.45) is 0 Å². The predicted octanol–water partition coefficient (Wildman–Crippen LogP) is -0.456. The second-order valence-electron chi connectivity index (χ2n) is 3.07. The van der Waals surface area contributed by atoms with E-state index in [0.29, 0.717) is 10.9 Å². The zero-order valence-electron chi connectivity index (χ0n) is 6.70. The molecule has 1 atom stereocenters. The lowest BCUT2D eigenvalue weighted by molar-refractivity contribution is -0.781. The zero-order chi connectivity index (χ0) is 8.20. The Morgan fingerprint density at radius 3 is 2.50 bits per heavy atom. The van der Waals surface area contributed by atoms with Crippen molar-refractivity contribution in [3.8, 4) is 5.97 Å². The van der Waals surface area contributed by atoms with Crippen LogP contribution in [0, 0.1) is 11.2 Å². The van der Waals surface area contributed by atoms with Gasteiger partial charge in [0, 0.05) is 14.1 Å². The number of hydrogen-bond acceptors (Lipinski definition) is 2. The molecule has 56 valence electrons. The molecule has 0 amide bonds. The summed E-state index contributed by atoms with van der Waals surface area (Å²) in [6, 6.07) is 0. The maximum absolute atomic E-state index is 8.97. The third-order valence-corrected chi connectivity index (χ3v) is 1.14. The van der Waals surface area contributed by atoms with Crippen LogP contribution in [0.3, 0.4) is 0 Å². The van der Waals surface area contributed by atoms with E-state index in [2.05, 4.69) is 0 Å². The van der Waals surface area contributed by atoms with Crippen LogP contribution in [0.2, 0.25) is 0 Å². The lowest BCUT2D eigenvalue weighted by Crippen LogP contribution is -2.47. The van der Waals surface area contributed by atoms with Gasteiger partial charge in [0.15, 0.2) is 0 Å². The third kappa shape index (κ3) is 4.36. The van der Waals surface area contributed by atoms with Gasteiger partial charge >= 0.3 is 0 Å². The maximum Gasteiger partial charge on any atom is 0.126 e. The molecule has 0 saturated heterocycles. The normalized spacial score (nSPS) is 14.3. The van der Waals surface area contributed by atoms with Gasteiger partial charge in [0.05, 0.1) is 12.6 Å². The highest BCUT2D eigenvalue weighted by molar-refractivity contribution is 6.36. The Bertz CT molecular complexity index is 139. The molecule has 0 heterocycles. The fraction of sp³-hybridized carbons (Fsp3) is 0.833. The van der Waals surface area contributed by atoms with Crippen molar-refractivity contribution in [1.82, 2.24) is 0 Å². The van der Waals surface area contributed by atoms with E-state index in [1.54, 1.807) is 6.92 Å².